The number of para-hydroxylation sites is 2. The lowest BCUT2D eigenvalue weighted by atomic mass is 10.00. The molecule has 0 spiro atoms. The third-order valence-corrected chi connectivity index (χ3v) is 7.56. The van der Waals surface area contributed by atoms with Gasteiger partial charge >= 0.3 is 6.03 Å². The zero-order chi connectivity index (χ0) is 26.9. The number of amides is 2. The van der Waals surface area contributed by atoms with Gasteiger partial charge in [0.05, 0.1) is 29.7 Å². The topological polar surface area (TPSA) is 55.1 Å². The summed E-state index contributed by atoms with van der Waals surface area (Å²) in [6.45, 7) is 6.76. The van der Waals surface area contributed by atoms with E-state index in [1.807, 2.05) is 46.0 Å². The van der Waals surface area contributed by atoms with Crippen LogP contribution < -0.4 is 5.32 Å². The molecule has 1 aliphatic rings. The number of rotatable bonds is 5. The number of urea groups is 1. The van der Waals surface area contributed by atoms with E-state index in [1.54, 1.807) is 0 Å². The molecule has 0 unspecified atom stereocenters. The summed E-state index contributed by atoms with van der Waals surface area (Å²) in [5.41, 5.74) is 8.28. The van der Waals surface area contributed by atoms with E-state index in [2.05, 4.69) is 91.4 Å². The average Bonchev–Trinajstić information content (AvgIpc) is 3.55. The Hall–Kier alpha value is -4.58. The molecule has 0 radical (unpaired) electrons. The van der Waals surface area contributed by atoms with Gasteiger partial charge in [-0.15, -0.1) is 0 Å². The Bertz CT molecular complexity index is 1630. The molecule has 3 heterocycles. The first-order valence-electron chi connectivity index (χ1n) is 13.6. The monoisotopic (exact) mass is 515 g/mol. The van der Waals surface area contributed by atoms with Crippen LogP contribution in [-0.4, -0.2) is 25.3 Å². The van der Waals surface area contributed by atoms with E-state index in [0.717, 1.165) is 63.7 Å². The SMILES string of the molecule is CCc1ccccc1NC(=O)N1Cc2c(CC)nn(-c3ccccc3)c2-n2cccc2[C@H]1c1cccc(C)c1. The Balaban J connectivity index is 1.56. The number of aryl methyl sites for hydroxylation is 3. The second-order valence-electron chi connectivity index (χ2n) is 10.0. The number of aromatic nitrogens is 3. The van der Waals surface area contributed by atoms with Crippen molar-refractivity contribution in [2.75, 3.05) is 5.32 Å². The van der Waals surface area contributed by atoms with Crippen molar-refractivity contribution in [2.24, 2.45) is 0 Å². The summed E-state index contributed by atoms with van der Waals surface area (Å²) in [5.74, 6) is 0.986. The van der Waals surface area contributed by atoms with Crippen LogP contribution in [0.1, 0.15) is 53.5 Å². The minimum atomic E-state index is -0.282. The molecule has 0 aliphatic carbocycles. The van der Waals surface area contributed by atoms with Crippen LogP contribution in [0, 0.1) is 6.92 Å². The molecule has 1 N–H and O–H groups in total. The minimum Gasteiger partial charge on any atom is -0.308 e. The summed E-state index contributed by atoms with van der Waals surface area (Å²) in [6, 6.07) is 30.5. The summed E-state index contributed by atoms with van der Waals surface area (Å²) < 4.78 is 4.24. The third kappa shape index (κ3) is 4.42. The molecule has 1 atom stereocenters. The number of carbonyl (C=O) groups excluding carboxylic acids is 1. The molecule has 6 nitrogen and oxygen atoms in total. The van der Waals surface area contributed by atoms with E-state index < -0.39 is 0 Å². The molecule has 0 fully saturated rings. The Kier molecular flexibility index (Phi) is 6.53. The highest BCUT2D eigenvalue weighted by molar-refractivity contribution is 5.91. The fourth-order valence-corrected chi connectivity index (χ4v) is 5.68. The lowest BCUT2D eigenvalue weighted by Crippen LogP contribution is -2.38. The van der Waals surface area contributed by atoms with E-state index in [0.29, 0.717) is 6.54 Å². The van der Waals surface area contributed by atoms with Crippen molar-refractivity contribution < 1.29 is 4.79 Å². The fraction of sp³-hybridized carbons (Fsp3) is 0.212. The number of hydrogen-bond acceptors (Lipinski definition) is 2. The first-order chi connectivity index (χ1) is 19.1. The number of benzene rings is 3. The number of anilines is 1. The molecule has 0 bridgehead atoms. The standard InChI is InChI=1S/C33H33N5O/c1-4-24-14-9-10-18-29(24)34-33(39)37-22-27-28(5-2)35-38(26-16-7-6-8-17-26)32(27)36-20-12-19-30(36)31(37)25-15-11-13-23(3)21-25/h6-21,31H,4-5,22H2,1-3H3,(H,34,39)/t31-/m1/s1. The number of nitrogens with one attached hydrogen (secondary N) is 1. The minimum absolute atomic E-state index is 0.127. The highest BCUT2D eigenvalue weighted by atomic mass is 16.2. The van der Waals surface area contributed by atoms with Gasteiger partial charge in [-0.05, 0) is 61.2 Å². The van der Waals surface area contributed by atoms with Crippen LogP contribution >= 0.6 is 0 Å². The highest BCUT2D eigenvalue weighted by Crippen LogP contribution is 2.39. The maximum Gasteiger partial charge on any atom is 0.322 e. The molecule has 0 saturated carbocycles. The van der Waals surface area contributed by atoms with E-state index >= 15 is 0 Å². The van der Waals surface area contributed by atoms with Crippen LogP contribution in [0.15, 0.2) is 97.2 Å². The molecule has 39 heavy (non-hydrogen) atoms. The number of carbonyl (C=O) groups is 1. The second-order valence-corrected chi connectivity index (χ2v) is 10.0. The van der Waals surface area contributed by atoms with E-state index in [9.17, 15) is 4.79 Å². The maximum atomic E-state index is 14.3. The molecule has 5 aromatic rings. The Morgan fingerprint density at radius 3 is 2.49 bits per heavy atom. The molecule has 1 aliphatic heterocycles. The smallest absolute Gasteiger partial charge is 0.308 e. The van der Waals surface area contributed by atoms with Gasteiger partial charge < -0.3 is 14.8 Å². The molecule has 196 valence electrons. The van der Waals surface area contributed by atoms with Crippen molar-refractivity contribution in [3.8, 4) is 11.5 Å². The van der Waals surface area contributed by atoms with Crippen LogP contribution in [0.25, 0.3) is 11.5 Å². The predicted octanol–water partition coefficient (Wildman–Crippen LogP) is 7.23. The molecule has 3 aromatic carbocycles. The number of hydrogen-bond donors (Lipinski definition) is 1. The molecular weight excluding hydrogens is 482 g/mol. The third-order valence-electron chi connectivity index (χ3n) is 7.56. The van der Waals surface area contributed by atoms with Gasteiger partial charge in [0.2, 0.25) is 0 Å². The van der Waals surface area contributed by atoms with E-state index in [1.165, 1.54) is 0 Å². The molecule has 2 amide bonds. The lowest BCUT2D eigenvalue weighted by molar-refractivity contribution is 0.194. The van der Waals surface area contributed by atoms with Crippen LogP contribution in [-0.2, 0) is 19.4 Å². The van der Waals surface area contributed by atoms with Gasteiger partial charge in [-0.1, -0.05) is 80.1 Å². The van der Waals surface area contributed by atoms with Crippen LogP contribution in [0.2, 0.25) is 0 Å². The van der Waals surface area contributed by atoms with Crippen LogP contribution in [0.4, 0.5) is 10.5 Å². The summed E-state index contributed by atoms with van der Waals surface area (Å²) >= 11 is 0. The second kappa shape index (κ2) is 10.3. The summed E-state index contributed by atoms with van der Waals surface area (Å²) in [5, 5.41) is 8.31. The van der Waals surface area contributed by atoms with Gasteiger partial charge in [0, 0.05) is 17.4 Å². The summed E-state index contributed by atoms with van der Waals surface area (Å²) in [4.78, 5) is 16.2. The molecule has 6 heteroatoms. The summed E-state index contributed by atoms with van der Waals surface area (Å²) in [6.07, 6.45) is 3.70. The fourth-order valence-electron chi connectivity index (χ4n) is 5.68. The van der Waals surface area contributed by atoms with Crippen molar-refractivity contribution in [1.29, 1.82) is 0 Å². The first-order valence-corrected chi connectivity index (χ1v) is 13.6. The van der Waals surface area contributed by atoms with Gasteiger partial charge in [-0.2, -0.15) is 5.10 Å². The summed E-state index contributed by atoms with van der Waals surface area (Å²) in [7, 11) is 0. The Morgan fingerprint density at radius 1 is 0.923 bits per heavy atom. The average molecular weight is 516 g/mol. The lowest BCUT2D eigenvalue weighted by Gasteiger charge is -2.31. The largest absolute Gasteiger partial charge is 0.322 e. The quantitative estimate of drug-likeness (QED) is 0.268. The maximum absolute atomic E-state index is 14.3. The van der Waals surface area contributed by atoms with Gasteiger partial charge in [0.25, 0.3) is 0 Å². The van der Waals surface area contributed by atoms with Crippen molar-refractivity contribution >= 4 is 11.7 Å². The van der Waals surface area contributed by atoms with Crippen molar-refractivity contribution in [1.82, 2.24) is 19.2 Å². The normalized spacial score (nSPS) is 14.4. The molecular formula is C33H33N5O. The zero-order valence-electron chi connectivity index (χ0n) is 22.6. The first kappa shape index (κ1) is 24.7. The van der Waals surface area contributed by atoms with Gasteiger partial charge in [0.1, 0.15) is 5.82 Å². The number of fused-ring (bicyclic) bond motifs is 3. The van der Waals surface area contributed by atoms with Crippen LogP contribution in [0.5, 0.6) is 0 Å². The Labute approximate surface area is 229 Å². The predicted molar refractivity (Wildman–Crippen MR) is 156 cm³/mol. The van der Waals surface area contributed by atoms with E-state index in [4.69, 9.17) is 5.10 Å². The Morgan fingerprint density at radius 2 is 1.72 bits per heavy atom. The number of nitrogens with zero attached hydrogens (tertiary/aromatic N) is 4. The van der Waals surface area contributed by atoms with Gasteiger partial charge in [-0.3, -0.25) is 0 Å². The van der Waals surface area contributed by atoms with Crippen molar-refractivity contribution in [3.63, 3.8) is 0 Å². The molecule has 6 rings (SSSR count). The van der Waals surface area contributed by atoms with Gasteiger partial charge in [-0.25, -0.2) is 9.48 Å². The van der Waals surface area contributed by atoms with E-state index in [-0.39, 0.29) is 12.1 Å². The van der Waals surface area contributed by atoms with Crippen LogP contribution in [0.3, 0.4) is 0 Å². The zero-order valence-corrected chi connectivity index (χ0v) is 22.6. The molecule has 2 aromatic heterocycles. The highest BCUT2D eigenvalue weighted by Gasteiger charge is 2.36. The molecule has 0 saturated heterocycles. The van der Waals surface area contributed by atoms with Crippen molar-refractivity contribution in [3.05, 3.63) is 131 Å². The van der Waals surface area contributed by atoms with Gasteiger partial charge in [0.15, 0.2) is 0 Å². The van der Waals surface area contributed by atoms with Crippen molar-refractivity contribution in [2.45, 2.75) is 46.2 Å².